The minimum Gasteiger partial charge on any atom is -0.356 e. The maximum Gasteiger partial charge on any atom is 0.230 e. The summed E-state index contributed by atoms with van der Waals surface area (Å²) in [5.74, 6) is 2.79. The van der Waals surface area contributed by atoms with Crippen molar-refractivity contribution >= 4 is 23.4 Å². The lowest BCUT2D eigenvalue weighted by Gasteiger charge is -2.32. The highest BCUT2D eigenvalue weighted by Crippen LogP contribution is 2.24. The molecule has 31 heavy (non-hydrogen) atoms. The molecule has 10 nitrogen and oxygen atoms in total. The number of nitrogens with one attached hydrogen (secondary N) is 1. The van der Waals surface area contributed by atoms with E-state index in [1.807, 2.05) is 24.4 Å². The van der Waals surface area contributed by atoms with E-state index in [0.717, 1.165) is 44.1 Å². The van der Waals surface area contributed by atoms with Gasteiger partial charge in [0.25, 0.3) is 0 Å². The summed E-state index contributed by atoms with van der Waals surface area (Å²) in [7, 11) is 0. The van der Waals surface area contributed by atoms with Crippen molar-refractivity contribution in [3.63, 3.8) is 0 Å². The van der Waals surface area contributed by atoms with Gasteiger partial charge in [0, 0.05) is 50.7 Å². The van der Waals surface area contributed by atoms with E-state index in [9.17, 15) is 4.79 Å². The monoisotopic (exact) mass is 419 g/mol. The molecule has 1 atom stereocenters. The standard InChI is InChI=1S/C21H25N9O/c31-21(27-17-11-18(23-14-22-17)28-7-1-2-8-28)16-5-3-9-29(13-16)19-12-20(25-15-24-19)30-10-4-6-26-30/h4,6,10-12,14-16H,1-3,5,7-9,13H2,(H,22,23,27,31). The van der Waals surface area contributed by atoms with Crippen LogP contribution in [0.2, 0.25) is 0 Å². The fraction of sp³-hybridized carbons (Fsp3) is 0.429. The fourth-order valence-electron chi connectivity index (χ4n) is 4.20. The van der Waals surface area contributed by atoms with Gasteiger partial charge in [0.1, 0.15) is 30.1 Å². The van der Waals surface area contributed by atoms with Gasteiger partial charge in [0.05, 0.1) is 5.92 Å². The van der Waals surface area contributed by atoms with Gasteiger partial charge in [0.15, 0.2) is 5.82 Å². The summed E-state index contributed by atoms with van der Waals surface area (Å²) < 4.78 is 1.70. The summed E-state index contributed by atoms with van der Waals surface area (Å²) in [5.41, 5.74) is 0. The Morgan fingerprint density at radius 1 is 0.903 bits per heavy atom. The van der Waals surface area contributed by atoms with Crippen molar-refractivity contribution in [2.24, 2.45) is 5.92 Å². The van der Waals surface area contributed by atoms with Crippen LogP contribution in [0.5, 0.6) is 0 Å². The highest BCUT2D eigenvalue weighted by atomic mass is 16.2. The predicted molar refractivity (Wildman–Crippen MR) is 116 cm³/mol. The van der Waals surface area contributed by atoms with Crippen LogP contribution >= 0.6 is 0 Å². The van der Waals surface area contributed by atoms with Gasteiger partial charge in [-0.2, -0.15) is 5.10 Å². The number of hydrogen-bond acceptors (Lipinski definition) is 8. The van der Waals surface area contributed by atoms with Crippen LogP contribution in [0.3, 0.4) is 0 Å². The minimum absolute atomic E-state index is 0.0165. The first-order chi connectivity index (χ1) is 15.3. The zero-order valence-electron chi connectivity index (χ0n) is 17.3. The third-order valence-corrected chi connectivity index (χ3v) is 5.83. The van der Waals surface area contributed by atoms with E-state index in [2.05, 4.69) is 40.2 Å². The molecular weight excluding hydrogens is 394 g/mol. The van der Waals surface area contributed by atoms with Crippen LogP contribution < -0.4 is 15.1 Å². The molecule has 1 N–H and O–H groups in total. The smallest absolute Gasteiger partial charge is 0.230 e. The zero-order chi connectivity index (χ0) is 21.0. The van der Waals surface area contributed by atoms with E-state index in [1.54, 1.807) is 10.9 Å². The molecule has 5 heterocycles. The van der Waals surface area contributed by atoms with Crippen LogP contribution in [0.1, 0.15) is 25.7 Å². The molecule has 2 aliphatic rings. The number of nitrogens with zero attached hydrogens (tertiary/aromatic N) is 8. The SMILES string of the molecule is O=C(Nc1cc(N2CCCC2)ncn1)C1CCCN(c2cc(-n3cccn3)ncn2)C1. The molecule has 1 amide bonds. The fourth-order valence-corrected chi connectivity index (χ4v) is 4.20. The van der Waals surface area contributed by atoms with Crippen molar-refractivity contribution in [1.29, 1.82) is 0 Å². The largest absolute Gasteiger partial charge is 0.356 e. The average molecular weight is 419 g/mol. The third-order valence-electron chi connectivity index (χ3n) is 5.83. The van der Waals surface area contributed by atoms with Crippen molar-refractivity contribution in [2.75, 3.05) is 41.3 Å². The Balaban J connectivity index is 1.26. The molecule has 3 aromatic heterocycles. The highest BCUT2D eigenvalue weighted by Gasteiger charge is 2.27. The lowest BCUT2D eigenvalue weighted by Crippen LogP contribution is -2.41. The summed E-state index contributed by atoms with van der Waals surface area (Å²) in [6, 6.07) is 5.62. The first kappa shape index (κ1) is 19.4. The van der Waals surface area contributed by atoms with Crippen LogP contribution in [-0.2, 0) is 4.79 Å². The summed E-state index contributed by atoms with van der Waals surface area (Å²) >= 11 is 0. The Kier molecular flexibility index (Phi) is 5.42. The van der Waals surface area contributed by atoms with Crippen molar-refractivity contribution in [3.05, 3.63) is 43.2 Å². The number of amides is 1. The summed E-state index contributed by atoms with van der Waals surface area (Å²) in [6.07, 6.45) is 10.7. The molecule has 2 aliphatic heterocycles. The second-order valence-corrected chi connectivity index (χ2v) is 7.92. The number of anilines is 3. The van der Waals surface area contributed by atoms with Crippen LogP contribution in [0.4, 0.5) is 17.5 Å². The van der Waals surface area contributed by atoms with E-state index in [-0.39, 0.29) is 11.8 Å². The van der Waals surface area contributed by atoms with E-state index >= 15 is 0 Å². The van der Waals surface area contributed by atoms with Crippen LogP contribution in [0.15, 0.2) is 43.2 Å². The Labute approximate surface area is 180 Å². The van der Waals surface area contributed by atoms with Gasteiger partial charge >= 0.3 is 0 Å². The zero-order valence-corrected chi connectivity index (χ0v) is 17.3. The van der Waals surface area contributed by atoms with Gasteiger partial charge in [-0.15, -0.1) is 0 Å². The second-order valence-electron chi connectivity index (χ2n) is 7.92. The van der Waals surface area contributed by atoms with Crippen LogP contribution in [0, 0.1) is 5.92 Å². The van der Waals surface area contributed by atoms with Gasteiger partial charge in [-0.25, -0.2) is 24.6 Å². The van der Waals surface area contributed by atoms with E-state index < -0.39 is 0 Å². The molecular formula is C21H25N9O. The third kappa shape index (κ3) is 4.32. The second kappa shape index (κ2) is 8.66. The quantitative estimate of drug-likeness (QED) is 0.669. The first-order valence-electron chi connectivity index (χ1n) is 10.7. The molecule has 10 heteroatoms. The Bertz CT molecular complexity index is 1030. The summed E-state index contributed by atoms with van der Waals surface area (Å²) in [4.78, 5) is 34.7. The topological polar surface area (TPSA) is 105 Å². The maximum absolute atomic E-state index is 13.0. The van der Waals surface area contributed by atoms with Gasteiger partial charge in [-0.3, -0.25) is 4.79 Å². The normalized spacial score (nSPS) is 18.9. The molecule has 160 valence electrons. The van der Waals surface area contributed by atoms with Gasteiger partial charge in [0.2, 0.25) is 5.91 Å². The van der Waals surface area contributed by atoms with Gasteiger partial charge in [-0.05, 0) is 31.7 Å². The van der Waals surface area contributed by atoms with Crippen LogP contribution in [0.25, 0.3) is 5.82 Å². The van der Waals surface area contributed by atoms with Gasteiger partial charge < -0.3 is 15.1 Å². The van der Waals surface area contributed by atoms with Gasteiger partial charge in [-0.1, -0.05) is 0 Å². The molecule has 0 saturated carbocycles. The molecule has 1 unspecified atom stereocenters. The summed E-state index contributed by atoms with van der Waals surface area (Å²) in [5, 5.41) is 7.22. The number of rotatable bonds is 5. The average Bonchev–Trinajstić information content (AvgIpc) is 3.54. The van der Waals surface area contributed by atoms with E-state index in [0.29, 0.717) is 18.2 Å². The molecule has 0 bridgehead atoms. The number of carbonyl (C=O) groups excluding carboxylic acids is 1. The molecule has 0 aromatic carbocycles. The highest BCUT2D eigenvalue weighted by molar-refractivity contribution is 5.92. The van der Waals surface area contributed by atoms with Crippen molar-refractivity contribution in [1.82, 2.24) is 29.7 Å². The predicted octanol–water partition coefficient (Wildman–Crippen LogP) is 1.91. The minimum atomic E-state index is -0.137. The van der Waals surface area contributed by atoms with Crippen molar-refractivity contribution < 1.29 is 4.79 Å². The molecule has 3 aromatic rings. The molecule has 0 spiro atoms. The van der Waals surface area contributed by atoms with E-state index in [4.69, 9.17) is 0 Å². The van der Waals surface area contributed by atoms with E-state index in [1.165, 1.54) is 25.5 Å². The number of aromatic nitrogens is 6. The first-order valence-corrected chi connectivity index (χ1v) is 10.7. The van der Waals surface area contributed by atoms with Crippen molar-refractivity contribution in [3.8, 4) is 5.82 Å². The lowest BCUT2D eigenvalue weighted by molar-refractivity contribution is -0.120. The number of carbonyl (C=O) groups is 1. The van der Waals surface area contributed by atoms with Crippen LogP contribution in [-0.4, -0.2) is 61.8 Å². The maximum atomic E-state index is 13.0. The van der Waals surface area contributed by atoms with Crippen molar-refractivity contribution in [2.45, 2.75) is 25.7 Å². The Morgan fingerprint density at radius 3 is 2.45 bits per heavy atom. The number of hydrogen-bond donors (Lipinski definition) is 1. The lowest BCUT2D eigenvalue weighted by atomic mass is 9.97. The number of piperidine rings is 1. The molecule has 0 aliphatic carbocycles. The molecule has 2 saturated heterocycles. The summed E-state index contributed by atoms with van der Waals surface area (Å²) in [6.45, 7) is 3.46. The Morgan fingerprint density at radius 2 is 1.65 bits per heavy atom. The molecule has 0 radical (unpaired) electrons. The Hall–Kier alpha value is -3.56. The molecule has 5 rings (SSSR count). The molecule has 2 fully saturated rings.